The summed E-state index contributed by atoms with van der Waals surface area (Å²) in [4.78, 5) is 26.7. The fourth-order valence-electron chi connectivity index (χ4n) is 2.29. The molecule has 0 spiro atoms. The van der Waals surface area contributed by atoms with Crippen LogP contribution in [0.2, 0.25) is 0 Å². The highest BCUT2D eigenvalue weighted by Crippen LogP contribution is 2.21. The molecule has 2 rings (SSSR count). The number of nitrogens with one attached hydrogen (secondary N) is 2. The maximum atomic E-state index is 11.7. The van der Waals surface area contributed by atoms with Gasteiger partial charge in [0, 0.05) is 13.1 Å². The lowest BCUT2D eigenvalue weighted by molar-refractivity contribution is 0.196. The van der Waals surface area contributed by atoms with Crippen molar-refractivity contribution in [3.63, 3.8) is 0 Å². The van der Waals surface area contributed by atoms with E-state index in [0.717, 1.165) is 12.8 Å². The third-order valence-corrected chi connectivity index (χ3v) is 2.96. The number of hydrogen-bond donors (Lipinski definition) is 2. The first-order valence-electron chi connectivity index (χ1n) is 5.83. The number of nitrogens with zero attached hydrogens (tertiary/aromatic N) is 2. The molecular formula is C10H18N4O2. The van der Waals surface area contributed by atoms with Crippen molar-refractivity contribution in [2.75, 3.05) is 13.1 Å². The van der Waals surface area contributed by atoms with Gasteiger partial charge in [0.05, 0.1) is 0 Å². The van der Waals surface area contributed by atoms with Gasteiger partial charge in [-0.3, -0.25) is 0 Å². The minimum absolute atomic E-state index is 0.0852. The van der Waals surface area contributed by atoms with Crippen molar-refractivity contribution in [1.29, 1.82) is 0 Å². The number of carbonyl (C=O) groups is 2. The van der Waals surface area contributed by atoms with Crippen LogP contribution in [0.25, 0.3) is 0 Å². The molecule has 0 unspecified atom stereocenters. The molecule has 4 amide bonds. The number of rotatable bonds is 4. The average Bonchev–Trinajstić information content (AvgIpc) is 2.69. The maximum absolute atomic E-state index is 11.7. The van der Waals surface area contributed by atoms with Crippen molar-refractivity contribution >= 4 is 12.1 Å². The van der Waals surface area contributed by atoms with Crippen molar-refractivity contribution in [3.05, 3.63) is 0 Å². The zero-order valence-electron chi connectivity index (χ0n) is 9.69. The van der Waals surface area contributed by atoms with E-state index in [1.807, 2.05) is 13.8 Å². The van der Waals surface area contributed by atoms with E-state index in [4.69, 9.17) is 0 Å². The van der Waals surface area contributed by atoms with Gasteiger partial charge in [0.2, 0.25) is 0 Å². The standard InChI is InChI=1S/C10H18N4O2/c1-3-5-13-7-8(12-9(13)15)14(6-4-2)10(16)11-7/h7-8H,3-6H2,1-2H3,(H,11,16)(H,12,15)/t7-,8+. The lowest BCUT2D eigenvalue weighted by Crippen LogP contribution is -2.43. The number of carbonyl (C=O) groups excluding carboxylic acids is 2. The van der Waals surface area contributed by atoms with E-state index in [-0.39, 0.29) is 24.4 Å². The second-order valence-corrected chi connectivity index (χ2v) is 4.18. The Morgan fingerprint density at radius 2 is 1.31 bits per heavy atom. The Labute approximate surface area is 95.0 Å². The highest BCUT2D eigenvalue weighted by Gasteiger charge is 2.49. The Kier molecular flexibility index (Phi) is 2.89. The minimum Gasteiger partial charge on any atom is -0.314 e. The van der Waals surface area contributed by atoms with Crippen molar-refractivity contribution in [1.82, 2.24) is 20.4 Å². The fourth-order valence-corrected chi connectivity index (χ4v) is 2.29. The van der Waals surface area contributed by atoms with E-state index >= 15 is 0 Å². The van der Waals surface area contributed by atoms with Gasteiger partial charge in [-0.15, -0.1) is 0 Å². The van der Waals surface area contributed by atoms with Gasteiger partial charge >= 0.3 is 12.1 Å². The van der Waals surface area contributed by atoms with E-state index in [0.29, 0.717) is 13.1 Å². The van der Waals surface area contributed by atoms with Crippen LogP contribution in [0.3, 0.4) is 0 Å². The average molecular weight is 226 g/mol. The highest BCUT2D eigenvalue weighted by molar-refractivity contribution is 5.84. The molecule has 2 saturated heterocycles. The molecule has 16 heavy (non-hydrogen) atoms. The molecule has 0 bridgehead atoms. The molecule has 2 aliphatic rings. The lowest BCUT2D eigenvalue weighted by atomic mass is 10.3. The summed E-state index contributed by atoms with van der Waals surface area (Å²) in [6.45, 7) is 5.38. The first-order chi connectivity index (χ1) is 7.69. The molecule has 2 aliphatic heterocycles. The molecule has 0 aromatic carbocycles. The summed E-state index contributed by atoms with van der Waals surface area (Å²) >= 11 is 0. The number of fused-ring (bicyclic) bond motifs is 1. The van der Waals surface area contributed by atoms with Crippen molar-refractivity contribution in [2.24, 2.45) is 0 Å². The van der Waals surface area contributed by atoms with Crippen LogP contribution in [0.4, 0.5) is 9.59 Å². The zero-order valence-corrected chi connectivity index (χ0v) is 9.69. The number of amides is 4. The maximum Gasteiger partial charge on any atom is 0.320 e. The van der Waals surface area contributed by atoms with Crippen molar-refractivity contribution < 1.29 is 9.59 Å². The molecule has 2 fully saturated rings. The summed E-state index contributed by atoms with van der Waals surface area (Å²) in [6, 6.07) is -0.170. The predicted octanol–water partition coefficient (Wildman–Crippen LogP) is 0.509. The van der Waals surface area contributed by atoms with Crippen LogP contribution < -0.4 is 10.6 Å². The first-order valence-corrected chi connectivity index (χ1v) is 5.83. The fraction of sp³-hybridized carbons (Fsp3) is 0.800. The molecule has 0 aromatic rings. The second kappa shape index (κ2) is 4.19. The predicted molar refractivity (Wildman–Crippen MR) is 58.6 cm³/mol. The van der Waals surface area contributed by atoms with Gasteiger partial charge in [0.25, 0.3) is 0 Å². The van der Waals surface area contributed by atoms with E-state index in [2.05, 4.69) is 10.6 Å². The summed E-state index contributed by atoms with van der Waals surface area (Å²) in [7, 11) is 0. The van der Waals surface area contributed by atoms with Crippen LogP contribution >= 0.6 is 0 Å². The molecule has 6 nitrogen and oxygen atoms in total. The van der Waals surface area contributed by atoms with Crippen LogP contribution in [0.1, 0.15) is 26.7 Å². The summed E-state index contributed by atoms with van der Waals surface area (Å²) in [6.07, 6.45) is 1.37. The number of urea groups is 2. The minimum atomic E-state index is -0.202. The Morgan fingerprint density at radius 1 is 0.938 bits per heavy atom. The van der Waals surface area contributed by atoms with E-state index in [9.17, 15) is 9.59 Å². The quantitative estimate of drug-likeness (QED) is 0.733. The summed E-state index contributed by atoms with van der Waals surface area (Å²) < 4.78 is 0. The highest BCUT2D eigenvalue weighted by atomic mass is 16.2. The van der Waals surface area contributed by atoms with Crippen LogP contribution in [0.5, 0.6) is 0 Å². The summed E-state index contributed by atoms with van der Waals surface area (Å²) in [5.74, 6) is 0. The zero-order chi connectivity index (χ0) is 11.7. The van der Waals surface area contributed by atoms with Crippen LogP contribution in [-0.2, 0) is 0 Å². The van der Waals surface area contributed by atoms with Gasteiger partial charge in [-0.2, -0.15) is 0 Å². The van der Waals surface area contributed by atoms with Crippen LogP contribution in [-0.4, -0.2) is 47.3 Å². The van der Waals surface area contributed by atoms with Gasteiger partial charge in [-0.05, 0) is 12.8 Å². The van der Waals surface area contributed by atoms with Crippen molar-refractivity contribution in [3.8, 4) is 0 Å². The lowest BCUT2D eigenvalue weighted by Gasteiger charge is -2.21. The molecule has 0 radical (unpaired) electrons. The first kappa shape index (κ1) is 11.0. The third-order valence-electron chi connectivity index (χ3n) is 2.96. The molecule has 6 heteroatoms. The molecule has 2 atom stereocenters. The van der Waals surface area contributed by atoms with E-state index < -0.39 is 0 Å². The Balaban J connectivity index is 2.11. The topological polar surface area (TPSA) is 64.7 Å². The summed E-state index contributed by atoms with van der Waals surface area (Å²) in [5.41, 5.74) is 0. The van der Waals surface area contributed by atoms with Crippen LogP contribution in [0, 0.1) is 0 Å². The number of hydrogen-bond acceptors (Lipinski definition) is 2. The Hall–Kier alpha value is -1.46. The largest absolute Gasteiger partial charge is 0.320 e. The molecule has 0 aromatic heterocycles. The molecule has 0 aliphatic carbocycles. The van der Waals surface area contributed by atoms with Gasteiger partial charge < -0.3 is 20.4 Å². The third kappa shape index (κ3) is 1.58. The molecule has 90 valence electrons. The van der Waals surface area contributed by atoms with Gasteiger partial charge in [-0.1, -0.05) is 13.8 Å². The van der Waals surface area contributed by atoms with Gasteiger partial charge in [0.15, 0.2) is 0 Å². The molecule has 2 N–H and O–H groups in total. The normalized spacial score (nSPS) is 28.1. The van der Waals surface area contributed by atoms with E-state index in [1.54, 1.807) is 9.80 Å². The summed E-state index contributed by atoms with van der Waals surface area (Å²) in [5, 5.41) is 5.69. The van der Waals surface area contributed by atoms with E-state index in [1.165, 1.54) is 0 Å². The monoisotopic (exact) mass is 226 g/mol. The van der Waals surface area contributed by atoms with Gasteiger partial charge in [0.1, 0.15) is 12.3 Å². The smallest absolute Gasteiger partial charge is 0.314 e. The van der Waals surface area contributed by atoms with Crippen LogP contribution in [0.15, 0.2) is 0 Å². The SMILES string of the molecule is CCCN1C(=O)N[C@H]2[C@H]1NC(=O)N2CCC. The Bertz CT molecular complexity index is 277. The molecular weight excluding hydrogens is 208 g/mol. The Morgan fingerprint density at radius 3 is 1.62 bits per heavy atom. The van der Waals surface area contributed by atoms with Crippen molar-refractivity contribution in [2.45, 2.75) is 39.0 Å². The molecule has 2 heterocycles. The second-order valence-electron chi connectivity index (χ2n) is 4.18. The van der Waals surface area contributed by atoms with Gasteiger partial charge in [-0.25, -0.2) is 9.59 Å². The molecule has 0 saturated carbocycles.